The molecule has 1 aliphatic heterocycles. The fourth-order valence-corrected chi connectivity index (χ4v) is 4.85. The summed E-state index contributed by atoms with van der Waals surface area (Å²) in [7, 11) is 1.65. The van der Waals surface area contributed by atoms with Gasteiger partial charge in [0, 0.05) is 30.4 Å². The first kappa shape index (κ1) is 21.3. The molecule has 0 aliphatic carbocycles. The lowest BCUT2D eigenvalue weighted by atomic mass is 9.97. The molecule has 2 aromatic heterocycles. The minimum atomic E-state index is -0.255. The van der Waals surface area contributed by atoms with E-state index in [1.54, 1.807) is 19.2 Å². The Balaban J connectivity index is 1.78. The zero-order valence-corrected chi connectivity index (χ0v) is 19.0. The molecule has 2 aromatic carbocycles. The number of aryl methyl sites for hydroxylation is 2. The quantitative estimate of drug-likeness (QED) is 0.414. The van der Waals surface area contributed by atoms with Gasteiger partial charge in [-0.15, -0.1) is 0 Å². The molecule has 0 unspecified atom stereocenters. The summed E-state index contributed by atoms with van der Waals surface area (Å²) in [4.78, 5) is 13.5. The van der Waals surface area contributed by atoms with Crippen molar-refractivity contribution in [3.63, 3.8) is 0 Å². The van der Waals surface area contributed by atoms with Crippen LogP contribution in [0.1, 0.15) is 42.2 Å². The van der Waals surface area contributed by atoms with Gasteiger partial charge in [-0.3, -0.25) is 9.20 Å². The van der Waals surface area contributed by atoms with E-state index in [0.717, 1.165) is 66.0 Å². The molecule has 0 saturated carbocycles. The van der Waals surface area contributed by atoms with Crippen LogP contribution in [0, 0.1) is 5.82 Å². The van der Waals surface area contributed by atoms with Crippen LogP contribution in [0.15, 0.2) is 54.7 Å². The van der Waals surface area contributed by atoms with Crippen molar-refractivity contribution < 1.29 is 13.9 Å². The third-order valence-corrected chi connectivity index (χ3v) is 6.40. The predicted molar refractivity (Wildman–Crippen MR) is 128 cm³/mol. The molecule has 5 nitrogen and oxygen atoms in total. The molecule has 0 atom stereocenters. The molecule has 4 aromatic rings. The fraction of sp³-hybridized carbons (Fsp3) is 0.296. The van der Waals surface area contributed by atoms with Gasteiger partial charge in [0.25, 0.3) is 5.91 Å². The standard InChI is InChI=1S/C27H28FN3O2/c1-3-15-29-26(32)25-24(19-9-13-21(33-2)14-10-19)22-6-4-5-16-30-23(17-31(25)27(22)30)18-7-11-20(28)12-8-18/h7-14,17H,3-6,15-16H2,1-2H3,(H,29,32). The zero-order valence-electron chi connectivity index (χ0n) is 19.0. The SMILES string of the molecule is CCCNC(=O)c1c(-c2ccc(OC)cc2)c2c3n(c(-c4ccc(F)cc4)cn13)CCCC2. The number of carbonyl (C=O) groups is 1. The molecule has 6 heteroatoms. The summed E-state index contributed by atoms with van der Waals surface area (Å²) < 4.78 is 23.3. The molecule has 170 valence electrons. The Bertz CT molecular complexity index is 1300. The summed E-state index contributed by atoms with van der Waals surface area (Å²) in [5.74, 6) is 0.454. The van der Waals surface area contributed by atoms with Crippen LogP contribution in [0.3, 0.4) is 0 Å². The van der Waals surface area contributed by atoms with E-state index in [4.69, 9.17) is 4.74 Å². The smallest absolute Gasteiger partial charge is 0.268 e. The molecule has 33 heavy (non-hydrogen) atoms. The Morgan fingerprint density at radius 3 is 2.48 bits per heavy atom. The number of benzene rings is 2. The summed E-state index contributed by atoms with van der Waals surface area (Å²) >= 11 is 0. The van der Waals surface area contributed by atoms with E-state index < -0.39 is 0 Å². The van der Waals surface area contributed by atoms with Crippen molar-refractivity contribution in [3.8, 4) is 28.1 Å². The Labute approximate surface area is 192 Å². The Morgan fingerprint density at radius 2 is 1.79 bits per heavy atom. The van der Waals surface area contributed by atoms with E-state index in [1.165, 1.54) is 17.7 Å². The zero-order chi connectivity index (χ0) is 22.9. The number of halogens is 1. The molecule has 0 spiro atoms. The van der Waals surface area contributed by atoms with Crippen molar-refractivity contribution in [1.82, 2.24) is 14.3 Å². The number of aromatic nitrogens is 2. The van der Waals surface area contributed by atoms with Crippen LogP contribution >= 0.6 is 0 Å². The summed E-state index contributed by atoms with van der Waals surface area (Å²) in [6, 6.07) is 14.5. The first-order valence-corrected chi connectivity index (χ1v) is 11.6. The lowest BCUT2D eigenvalue weighted by Gasteiger charge is -2.10. The molecule has 1 amide bonds. The van der Waals surface area contributed by atoms with Crippen molar-refractivity contribution in [2.75, 3.05) is 13.7 Å². The third-order valence-electron chi connectivity index (χ3n) is 6.40. The van der Waals surface area contributed by atoms with Crippen LogP contribution in [0.25, 0.3) is 28.0 Å². The number of amides is 1. The van der Waals surface area contributed by atoms with Gasteiger partial charge in [0.1, 0.15) is 22.9 Å². The Hall–Kier alpha value is -3.54. The van der Waals surface area contributed by atoms with Crippen LogP contribution in [0.5, 0.6) is 5.75 Å². The molecule has 0 radical (unpaired) electrons. The molecule has 5 rings (SSSR count). The summed E-state index contributed by atoms with van der Waals surface area (Å²) in [5.41, 5.74) is 6.84. The molecule has 1 aliphatic rings. The first-order valence-electron chi connectivity index (χ1n) is 11.6. The Kier molecular flexibility index (Phi) is 5.67. The van der Waals surface area contributed by atoms with E-state index in [1.807, 2.05) is 41.8 Å². The van der Waals surface area contributed by atoms with E-state index in [2.05, 4.69) is 9.88 Å². The number of nitrogens with zero attached hydrogens (tertiary/aromatic N) is 2. The number of carbonyl (C=O) groups excluding carboxylic acids is 1. The Morgan fingerprint density at radius 1 is 1.06 bits per heavy atom. The minimum absolute atomic E-state index is 0.0766. The number of hydrogen-bond donors (Lipinski definition) is 1. The van der Waals surface area contributed by atoms with Crippen molar-refractivity contribution in [2.45, 2.75) is 39.2 Å². The van der Waals surface area contributed by atoms with Gasteiger partial charge >= 0.3 is 0 Å². The first-order chi connectivity index (χ1) is 16.1. The monoisotopic (exact) mass is 445 g/mol. The maximum absolute atomic E-state index is 13.6. The topological polar surface area (TPSA) is 47.7 Å². The molecule has 1 N–H and O–H groups in total. The average molecular weight is 446 g/mol. The van der Waals surface area contributed by atoms with Gasteiger partial charge in [-0.25, -0.2) is 4.39 Å². The van der Waals surface area contributed by atoms with Gasteiger partial charge in [-0.05, 0) is 73.2 Å². The van der Waals surface area contributed by atoms with Gasteiger partial charge in [0.2, 0.25) is 0 Å². The summed E-state index contributed by atoms with van der Waals surface area (Å²) in [5, 5.41) is 3.08. The highest BCUT2D eigenvalue weighted by atomic mass is 19.1. The van der Waals surface area contributed by atoms with Crippen LogP contribution in [0.4, 0.5) is 4.39 Å². The van der Waals surface area contributed by atoms with Crippen LogP contribution in [-0.2, 0) is 13.0 Å². The van der Waals surface area contributed by atoms with Crippen molar-refractivity contribution >= 4 is 11.6 Å². The third kappa shape index (κ3) is 3.69. The largest absolute Gasteiger partial charge is 0.497 e. The normalized spacial score (nSPS) is 13.2. The van der Waals surface area contributed by atoms with E-state index in [0.29, 0.717) is 12.2 Å². The van der Waals surface area contributed by atoms with E-state index in [9.17, 15) is 9.18 Å². The van der Waals surface area contributed by atoms with Crippen LogP contribution in [-0.4, -0.2) is 28.5 Å². The van der Waals surface area contributed by atoms with Gasteiger partial charge in [-0.2, -0.15) is 0 Å². The lowest BCUT2D eigenvalue weighted by molar-refractivity contribution is 0.0948. The second kappa shape index (κ2) is 8.77. The van der Waals surface area contributed by atoms with Gasteiger partial charge < -0.3 is 14.6 Å². The minimum Gasteiger partial charge on any atom is -0.497 e. The number of nitrogens with one attached hydrogen (secondary N) is 1. The van der Waals surface area contributed by atoms with Crippen molar-refractivity contribution in [3.05, 3.63) is 71.8 Å². The van der Waals surface area contributed by atoms with Gasteiger partial charge in [0.15, 0.2) is 0 Å². The number of hydrogen-bond acceptors (Lipinski definition) is 2. The van der Waals surface area contributed by atoms with Crippen LogP contribution in [0.2, 0.25) is 0 Å². The fourth-order valence-electron chi connectivity index (χ4n) is 4.85. The maximum atomic E-state index is 13.6. The molecular formula is C27H28FN3O2. The number of methoxy groups -OCH3 is 1. The molecular weight excluding hydrogens is 417 g/mol. The van der Waals surface area contributed by atoms with Gasteiger partial charge in [0.05, 0.1) is 12.8 Å². The molecule has 0 bridgehead atoms. The average Bonchev–Trinajstić information content (AvgIpc) is 3.26. The number of imidazole rings is 1. The van der Waals surface area contributed by atoms with Crippen LogP contribution < -0.4 is 10.1 Å². The van der Waals surface area contributed by atoms with E-state index in [-0.39, 0.29) is 11.7 Å². The van der Waals surface area contributed by atoms with E-state index >= 15 is 0 Å². The highest BCUT2D eigenvalue weighted by molar-refractivity contribution is 6.03. The highest BCUT2D eigenvalue weighted by Crippen LogP contribution is 2.39. The molecule has 0 saturated heterocycles. The molecule has 3 heterocycles. The van der Waals surface area contributed by atoms with Crippen molar-refractivity contribution in [1.29, 1.82) is 0 Å². The number of ether oxygens (including phenoxy) is 1. The summed E-state index contributed by atoms with van der Waals surface area (Å²) in [6.45, 7) is 3.53. The second-order valence-electron chi connectivity index (χ2n) is 8.51. The summed E-state index contributed by atoms with van der Waals surface area (Å²) in [6.07, 6.45) is 5.90. The molecule has 0 fully saturated rings. The van der Waals surface area contributed by atoms with Gasteiger partial charge in [-0.1, -0.05) is 19.1 Å². The maximum Gasteiger partial charge on any atom is 0.268 e. The highest BCUT2D eigenvalue weighted by Gasteiger charge is 2.29. The predicted octanol–water partition coefficient (Wildman–Crippen LogP) is 5.70. The second-order valence-corrected chi connectivity index (χ2v) is 8.51. The van der Waals surface area contributed by atoms with Crippen molar-refractivity contribution in [2.24, 2.45) is 0 Å². The number of rotatable bonds is 6. The lowest BCUT2D eigenvalue weighted by Crippen LogP contribution is -2.25.